The molecule has 0 unspecified atom stereocenters. The minimum atomic E-state index is -0.263. The van der Waals surface area contributed by atoms with Crippen LogP contribution in [-0.4, -0.2) is 36.4 Å². The molecule has 1 aromatic rings. The van der Waals surface area contributed by atoms with Crippen molar-refractivity contribution in [2.75, 3.05) is 25.1 Å². The predicted molar refractivity (Wildman–Crippen MR) is 51.9 cm³/mol. The fraction of sp³-hybridized carbons (Fsp3) is 0.444. The van der Waals surface area contributed by atoms with Crippen LogP contribution in [0.25, 0.3) is 0 Å². The Morgan fingerprint density at radius 1 is 1.64 bits per heavy atom. The Balaban J connectivity index is 2.50. The van der Waals surface area contributed by atoms with Crippen molar-refractivity contribution < 1.29 is 9.53 Å². The minimum Gasteiger partial charge on any atom is -0.465 e. The summed E-state index contributed by atoms with van der Waals surface area (Å²) in [5, 5.41) is 7.58. The first-order valence-electron chi connectivity index (χ1n) is 4.38. The summed E-state index contributed by atoms with van der Waals surface area (Å²) in [5.41, 5.74) is 0. The van der Waals surface area contributed by atoms with Gasteiger partial charge in [-0.25, -0.2) is 0 Å². The maximum Gasteiger partial charge on any atom is 0.325 e. The highest BCUT2D eigenvalue weighted by Gasteiger charge is 2.08. The lowest BCUT2D eigenvalue weighted by molar-refractivity contribution is -0.141. The SMILES string of the molecule is CCOC(=O)CN(C)c1cccnn1. The number of nitrogens with zero attached hydrogens (tertiary/aromatic N) is 3. The van der Waals surface area contributed by atoms with Crippen LogP contribution in [0.4, 0.5) is 5.82 Å². The Labute approximate surface area is 82.7 Å². The number of likely N-dealkylation sites (N-methyl/N-ethyl adjacent to an activating group) is 1. The Hall–Kier alpha value is -1.65. The van der Waals surface area contributed by atoms with E-state index in [9.17, 15) is 4.79 Å². The molecule has 0 radical (unpaired) electrons. The number of aromatic nitrogens is 2. The molecule has 0 N–H and O–H groups in total. The van der Waals surface area contributed by atoms with Gasteiger partial charge in [-0.05, 0) is 19.1 Å². The van der Waals surface area contributed by atoms with Crippen LogP contribution in [0.2, 0.25) is 0 Å². The van der Waals surface area contributed by atoms with Crippen LogP contribution in [0.3, 0.4) is 0 Å². The van der Waals surface area contributed by atoms with Gasteiger partial charge < -0.3 is 9.64 Å². The Bertz CT molecular complexity index is 289. The monoisotopic (exact) mass is 195 g/mol. The molecule has 0 aromatic carbocycles. The molecule has 14 heavy (non-hydrogen) atoms. The second-order valence-corrected chi connectivity index (χ2v) is 2.74. The summed E-state index contributed by atoms with van der Waals surface area (Å²) in [5.74, 6) is 0.390. The van der Waals surface area contributed by atoms with E-state index in [0.29, 0.717) is 12.4 Å². The standard InChI is InChI=1S/C9H13N3O2/c1-3-14-9(13)7-12(2)8-5-4-6-10-11-8/h4-6H,3,7H2,1-2H3. The number of carbonyl (C=O) groups is 1. The van der Waals surface area contributed by atoms with Gasteiger partial charge in [0.25, 0.3) is 0 Å². The second-order valence-electron chi connectivity index (χ2n) is 2.74. The van der Waals surface area contributed by atoms with Crippen molar-refractivity contribution >= 4 is 11.8 Å². The number of ether oxygens (including phenoxy) is 1. The maximum absolute atomic E-state index is 11.1. The van der Waals surface area contributed by atoms with Gasteiger partial charge in [-0.2, -0.15) is 5.10 Å². The van der Waals surface area contributed by atoms with E-state index in [0.717, 1.165) is 0 Å². The summed E-state index contributed by atoms with van der Waals surface area (Å²) in [4.78, 5) is 12.8. The molecular formula is C9H13N3O2. The van der Waals surface area contributed by atoms with Crippen LogP contribution < -0.4 is 4.90 Å². The van der Waals surface area contributed by atoms with Crippen molar-refractivity contribution in [1.82, 2.24) is 10.2 Å². The molecule has 0 saturated heterocycles. The van der Waals surface area contributed by atoms with Crippen molar-refractivity contribution in [2.45, 2.75) is 6.92 Å². The van der Waals surface area contributed by atoms with Gasteiger partial charge in [0, 0.05) is 13.2 Å². The first-order chi connectivity index (χ1) is 6.74. The first-order valence-corrected chi connectivity index (χ1v) is 4.38. The Morgan fingerprint density at radius 2 is 2.43 bits per heavy atom. The smallest absolute Gasteiger partial charge is 0.325 e. The molecule has 0 aliphatic rings. The molecule has 5 nitrogen and oxygen atoms in total. The van der Waals surface area contributed by atoms with Gasteiger partial charge >= 0.3 is 5.97 Å². The van der Waals surface area contributed by atoms with Gasteiger partial charge in [-0.3, -0.25) is 4.79 Å². The van der Waals surface area contributed by atoms with Crippen LogP contribution in [0.15, 0.2) is 18.3 Å². The van der Waals surface area contributed by atoms with Crippen molar-refractivity contribution in [3.8, 4) is 0 Å². The van der Waals surface area contributed by atoms with Crippen LogP contribution in [0, 0.1) is 0 Å². The fourth-order valence-corrected chi connectivity index (χ4v) is 0.978. The van der Waals surface area contributed by atoms with E-state index in [1.807, 2.05) is 0 Å². The van der Waals surface area contributed by atoms with E-state index < -0.39 is 0 Å². The summed E-state index contributed by atoms with van der Waals surface area (Å²) >= 11 is 0. The zero-order valence-electron chi connectivity index (χ0n) is 8.30. The average Bonchev–Trinajstić information content (AvgIpc) is 2.19. The molecule has 1 heterocycles. The molecule has 1 aromatic heterocycles. The summed E-state index contributed by atoms with van der Waals surface area (Å²) < 4.78 is 4.81. The van der Waals surface area contributed by atoms with Gasteiger partial charge in [0.05, 0.1) is 6.61 Å². The van der Waals surface area contributed by atoms with E-state index in [1.165, 1.54) is 0 Å². The zero-order valence-corrected chi connectivity index (χ0v) is 8.30. The summed E-state index contributed by atoms with van der Waals surface area (Å²) in [7, 11) is 1.76. The highest BCUT2D eigenvalue weighted by molar-refractivity contribution is 5.75. The highest BCUT2D eigenvalue weighted by Crippen LogP contribution is 2.04. The van der Waals surface area contributed by atoms with Crippen molar-refractivity contribution in [3.05, 3.63) is 18.3 Å². The molecule has 76 valence electrons. The van der Waals surface area contributed by atoms with Gasteiger partial charge in [-0.15, -0.1) is 5.10 Å². The number of anilines is 1. The molecule has 0 aliphatic carbocycles. The Morgan fingerprint density at radius 3 is 3.00 bits per heavy atom. The summed E-state index contributed by atoms with van der Waals surface area (Å²) in [6.07, 6.45) is 1.59. The van der Waals surface area contributed by atoms with Crippen LogP contribution in [0.5, 0.6) is 0 Å². The molecule has 1 rings (SSSR count). The third-order valence-electron chi connectivity index (χ3n) is 1.62. The highest BCUT2D eigenvalue weighted by atomic mass is 16.5. The molecule has 0 spiro atoms. The molecule has 0 atom stereocenters. The number of hydrogen-bond acceptors (Lipinski definition) is 5. The first kappa shape index (κ1) is 10.4. The van der Waals surface area contributed by atoms with Crippen molar-refractivity contribution in [2.24, 2.45) is 0 Å². The molecular weight excluding hydrogens is 182 g/mol. The molecule has 5 heteroatoms. The van der Waals surface area contributed by atoms with Crippen molar-refractivity contribution in [1.29, 1.82) is 0 Å². The molecule has 0 fully saturated rings. The van der Waals surface area contributed by atoms with E-state index in [1.54, 1.807) is 37.2 Å². The summed E-state index contributed by atoms with van der Waals surface area (Å²) in [6, 6.07) is 3.55. The third-order valence-corrected chi connectivity index (χ3v) is 1.62. The van der Waals surface area contributed by atoms with E-state index in [2.05, 4.69) is 10.2 Å². The molecule has 0 saturated carbocycles. The van der Waals surface area contributed by atoms with Crippen LogP contribution in [0.1, 0.15) is 6.92 Å². The third kappa shape index (κ3) is 3.01. The maximum atomic E-state index is 11.1. The topological polar surface area (TPSA) is 55.3 Å². The number of esters is 1. The lowest BCUT2D eigenvalue weighted by atomic mass is 10.4. The van der Waals surface area contributed by atoms with E-state index >= 15 is 0 Å². The normalized spacial score (nSPS) is 9.57. The fourth-order valence-electron chi connectivity index (χ4n) is 0.978. The molecule has 0 bridgehead atoms. The number of carbonyl (C=O) groups excluding carboxylic acids is 1. The van der Waals surface area contributed by atoms with E-state index in [-0.39, 0.29) is 12.5 Å². The van der Waals surface area contributed by atoms with Gasteiger partial charge in [0.1, 0.15) is 6.54 Å². The van der Waals surface area contributed by atoms with Crippen molar-refractivity contribution in [3.63, 3.8) is 0 Å². The van der Waals surface area contributed by atoms with Gasteiger partial charge in [0.2, 0.25) is 0 Å². The minimum absolute atomic E-state index is 0.187. The number of rotatable bonds is 4. The lowest BCUT2D eigenvalue weighted by Gasteiger charge is -2.15. The second kappa shape index (κ2) is 5.16. The molecule has 0 amide bonds. The quantitative estimate of drug-likeness (QED) is 0.654. The zero-order chi connectivity index (χ0) is 10.4. The van der Waals surface area contributed by atoms with Crippen LogP contribution >= 0.6 is 0 Å². The van der Waals surface area contributed by atoms with E-state index in [4.69, 9.17) is 4.74 Å². The summed E-state index contributed by atoms with van der Waals surface area (Å²) in [6.45, 7) is 2.36. The predicted octanol–water partition coefficient (Wildman–Crippen LogP) is 0.476. The largest absolute Gasteiger partial charge is 0.465 e. The van der Waals surface area contributed by atoms with Crippen LogP contribution in [-0.2, 0) is 9.53 Å². The average molecular weight is 195 g/mol. The number of hydrogen-bond donors (Lipinski definition) is 0. The van der Waals surface area contributed by atoms with Gasteiger partial charge in [0.15, 0.2) is 5.82 Å². The van der Waals surface area contributed by atoms with Gasteiger partial charge in [-0.1, -0.05) is 0 Å². The Kier molecular flexibility index (Phi) is 3.84. The lowest BCUT2D eigenvalue weighted by Crippen LogP contribution is -2.27. The molecule has 0 aliphatic heterocycles.